The molecule has 3 rings (SSSR count). The number of nitrogens with one attached hydrogen (secondary N) is 1. The van der Waals surface area contributed by atoms with Gasteiger partial charge in [0.25, 0.3) is 0 Å². The highest BCUT2D eigenvalue weighted by Gasteiger charge is 2.76. The van der Waals surface area contributed by atoms with Gasteiger partial charge in [0.05, 0.1) is 25.3 Å². The third-order valence-corrected chi connectivity index (χ3v) is 5.66. The van der Waals surface area contributed by atoms with Crippen molar-refractivity contribution in [2.75, 3.05) is 7.11 Å². The first kappa shape index (κ1) is 16.8. The number of carbonyl (C=O) groups excluding carboxylic acids is 1. The lowest BCUT2D eigenvalue weighted by molar-refractivity contribution is -0.128. The summed E-state index contributed by atoms with van der Waals surface area (Å²) < 4.78 is 5.12. The van der Waals surface area contributed by atoms with Gasteiger partial charge in [-0.3, -0.25) is 4.79 Å². The van der Waals surface area contributed by atoms with E-state index >= 15 is 0 Å². The number of methoxy groups -OCH3 is 1. The minimum Gasteiger partial charge on any atom is -0.497 e. The quantitative estimate of drug-likeness (QED) is 0.834. The topological polar surface area (TPSA) is 130 Å². The Morgan fingerprint density at radius 1 is 1.20 bits per heavy atom. The van der Waals surface area contributed by atoms with Crippen LogP contribution in [0.2, 0.25) is 0 Å². The number of fused-ring (bicyclic) bond motifs is 2. The molecule has 7 heteroatoms. The predicted molar refractivity (Wildman–Crippen MR) is 84.3 cm³/mol. The maximum atomic E-state index is 12.6. The molecule has 2 N–H and O–H groups in total. The van der Waals surface area contributed by atoms with E-state index in [4.69, 9.17) is 4.74 Å². The lowest BCUT2D eigenvalue weighted by atomic mass is 9.49. The van der Waals surface area contributed by atoms with E-state index in [1.807, 2.05) is 18.2 Å². The summed E-state index contributed by atoms with van der Waals surface area (Å²) in [5.74, 6) is -1.65. The number of hydrogen-bond acceptors (Lipinski definition) is 6. The maximum Gasteiger partial charge on any atom is 0.245 e. The number of rotatable bonds is 2. The molecule has 0 spiro atoms. The molecular formula is C18H16N4O3. The molecule has 1 aromatic carbocycles. The van der Waals surface area contributed by atoms with Crippen molar-refractivity contribution in [2.24, 2.45) is 16.7 Å². The average Bonchev–Trinajstić information content (AvgIpc) is 2.89. The van der Waals surface area contributed by atoms with Crippen LogP contribution in [0.1, 0.15) is 24.8 Å². The van der Waals surface area contributed by atoms with Crippen LogP contribution in [-0.2, 0) is 4.79 Å². The minimum atomic E-state index is -1.93. The third kappa shape index (κ3) is 1.83. The Kier molecular flexibility index (Phi) is 3.49. The Labute approximate surface area is 145 Å². The molecule has 1 heterocycles. The number of benzene rings is 1. The van der Waals surface area contributed by atoms with Gasteiger partial charge >= 0.3 is 0 Å². The summed E-state index contributed by atoms with van der Waals surface area (Å²) in [6, 6.07) is 12.5. The maximum absolute atomic E-state index is 12.6. The van der Waals surface area contributed by atoms with Crippen LogP contribution in [0.5, 0.6) is 5.75 Å². The van der Waals surface area contributed by atoms with Crippen molar-refractivity contribution in [3.8, 4) is 24.0 Å². The first-order valence-corrected chi connectivity index (χ1v) is 7.77. The van der Waals surface area contributed by atoms with Gasteiger partial charge in [0.1, 0.15) is 11.5 Å². The summed E-state index contributed by atoms with van der Waals surface area (Å²) in [5.41, 5.74) is -4.90. The number of carbonyl (C=O) groups is 1. The van der Waals surface area contributed by atoms with Gasteiger partial charge in [0, 0.05) is 18.3 Å². The fourth-order valence-corrected chi connectivity index (χ4v) is 4.22. The highest BCUT2D eigenvalue weighted by atomic mass is 16.5. The van der Waals surface area contributed by atoms with Gasteiger partial charge in [-0.1, -0.05) is 19.1 Å². The van der Waals surface area contributed by atoms with Gasteiger partial charge < -0.3 is 15.2 Å². The van der Waals surface area contributed by atoms with Crippen LogP contribution in [0.15, 0.2) is 24.3 Å². The van der Waals surface area contributed by atoms with Gasteiger partial charge in [-0.15, -0.1) is 0 Å². The molecule has 4 atom stereocenters. The smallest absolute Gasteiger partial charge is 0.245 e. The van der Waals surface area contributed by atoms with Crippen molar-refractivity contribution >= 4 is 5.91 Å². The van der Waals surface area contributed by atoms with E-state index in [1.165, 1.54) is 7.11 Å². The average molecular weight is 336 g/mol. The van der Waals surface area contributed by atoms with Gasteiger partial charge in [0.2, 0.25) is 5.91 Å². The molecule has 126 valence electrons. The molecule has 0 radical (unpaired) electrons. The zero-order chi connectivity index (χ0) is 18.5. The van der Waals surface area contributed by atoms with Crippen LogP contribution in [0.25, 0.3) is 0 Å². The second kappa shape index (κ2) is 5.21. The second-order valence-corrected chi connectivity index (χ2v) is 6.64. The van der Waals surface area contributed by atoms with Crippen LogP contribution in [0, 0.1) is 50.7 Å². The number of nitrogens with zero attached hydrogens (tertiary/aromatic N) is 3. The first-order valence-electron chi connectivity index (χ1n) is 7.77. The van der Waals surface area contributed by atoms with Gasteiger partial charge in [-0.2, -0.15) is 15.8 Å². The SMILES string of the molecule is COc1ccc([C@@H]2[C@H](C)[C@]3(O)C[C@@](C#N)(C(=O)N3)C2(C#N)C#N)cc1. The number of ether oxygens (including phenoxy) is 1. The van der Waals surface area contributed by atoms with Crippen molar-refractivity contribution in [1.29, 1.82) is 15.8 Å². The fraction of sp³-hybridized carbons (Fsp3) is 0.444. The zero-order valence-electron chi connectivity index (χ0n) is 13.8. The van der Waals surface area contributed by atoms with Gasteiger partial charge in [-0.05, 0) is 17.7 Å². The Hall–Kier alpha value is -3.08. The molecule has 1 saturated carbocycles. The van der Waals surface area contributed by atoms with Crippen molar-refractivity contribution in [3.63, 3.8) is 0 Å². The van der Waals surface area contributed by atoms with E-state index in [9.17, 15) is 25.7 Å². The van der Waals surface area contributed by atoms with Crippen molar-refractivity contribution in [3.05, 3.63) is 29.8 Å². The van der Waals surface area contributed by atoms with E-state index in [-0.39, 0.29) is 6.42 Å². The van der Waals surface area contributed by atoms with Crippen molar-refractivity contribution in [1.82, 2.24) is 5.32 Å². The highest BCUT2D eigenvalue weighted by molar-refractivity contribution is 5.92. The Bertz CT molecular complexity index is 846. The largest absolute Gasteiger partial charge is 0.497 e. The number of nitriles is 3. The van der Waals surface area contributed by atoms with Crippen LogP contribution in [0.3, 0.4) is 0 Å². The van der Waals surface area contributed by atoms with E-state index in [0.717, 1.165) is 0 Å². The molecular weight excluding hydrogens is 320 g/mol. The minimum absolute atomic E-state index is 0.287. The highest BCUT2D eigenvalue weighted by Crippen LogP contribution is 2.64. The Balaban J connectivity index is 2.28. The van der Waals surface area contributed by atoms with E-state index in [0.29, 0.717) is 11.3 Å². The molecule has 1 amide bonds. The summed E-state index contributed by atoms with van der Waals surface area (Å²) in [4.78, 5) is 12.6. The van der Waals surface area contributed by atoms with E-state index in [1.54, 1.807) is 31.2 Å². The molecule has 2 fully saturated rings. The summed E-state index contributed by atoms with van der Waals surface area (Å²) in [6.45, 7) is 1.67. The number of amides is 1. The molecule has 25 heavy (non-hydrogen) atoms. The van der Waals surface area contributed by atoms with Crippen LogP contribution in [-0.4, -0.2) is 23.8 Å². The normalized spacial score (nSPS) is 35.0. The van der Waals surface area contributed by atoms with Crippen molar-refractivity contribution < 1.29 is 14.6 Å². The lowest BCUT2D eigenvalue weighted by Gasteiger charge is -2.48. The summed E-state index contributed by atoms with van der Waals surface area (Å²) in [5, 5.41) is 42.9. The molecule has 0 unspecified atom stereocenters. The Morgan fingerprint density at radius 2 is 1.80 bits per heavy atom. The molecule has 1 aliphatic heterocycles. The lowest BCUT2D eigenvalue weighted by Crippen LogP contribution is -2.56. The number of hydrogen-bond donors (Lipinski definition) is 2. The van der Waals surface area contributed by atoms with Gasteiger partial charge in [0.15, 0.2) is 10.8 Å². The second-order valence-electron chi connectivity index (χ2n) is 6.64. The molecule has 1 aromatic rings. The standard InChI is InChI=1S/C18H16N4O3/c1-11-14(12-3-5-13(25-2)6-4-12)17(9-20,10-21)16(8-19)7-18(11,24)22-15(16)23/h3-6,11,14,24H,7H2,1-2H3,(H,22,23)/t11-,14-,16+,18+/m0/s1. The molecule has 1 saturated heterocycles. The van der Waals surface area contributed by atoms with Crippen molar-refractivity contribution in [2.45, 2.75) is 25.0 Å². The van der Waals surface area contributed by atoms with Crippen LogP contribution < -0.4 is 10.1 Å². The summed E-state index contributed by atoms with van der Waals surface area (Å²) in [7, 11) is 1.52. The molecule has 7 nitrogen and oxygen atoms in total. The molecule has 2 bridgehead atoms. The zero-order valence-corrected chi connectivity index (χ0v) is 13.8. The first-order chi connectivity index (χ1) is 11.8. The number of aliphatic hydroxyl groups is 1. The summed E-state index contributed by atoms with van der Waals surface area (Å²) >= 11 is 0. The molecule has 2 aliphatic rings. The summed E-state index contributed by atoms with van der Waals surface area (Å²) in [6.07, 6.45) is -0.287. The molecule has 1 aliphatic carbocycles. The monoisotopic (exact) mass is 336 g/mol. The third-order valence-electron chi connectivity index (χ3n) is 5.66. The fourth-order valence-electron chi connectivity index (χ4n) is 4.22. The van der Waals surface area contributed by atoms with Gasteiger partial charge in [-0.25, -0.2) is 0 Å². The van der Waals surface area contributed by atoms with E-state index < -0.39 is 34.3 Å². The predicted octanol–water partition coefficient (Wildman–Crippen LogP) is 1.18. The van der Waals surface area contributed by atoms with Crippen LogP contribution >= 0.6 is 0 Å². The van der Waals surface area contributed by atoms with E-state index in [2.05, 4.69) is 5.32 Å². The Morgan fingerprint density at radius 3 is 2.28 bits per heavy atom. The van der Waals surface area contributed by atoms with Crippen LogP contribution in [0.4, 0.5) is 0 Å². The molecule has 0 aromatic heterocycles.